The first kappa shape index (κ1) is 18.9. The van der Waals surface area contributed by atoms with Gasteiger partial charge in [-0.1, -0.05) is 48.5 Å². The van der Waals surface area contributed by atoms with Crippen LogP contribution in [-0.4, -0.2) is 43.7 Å². The van der Waals surface area contributed by atoms with Gasteiger partial charge < -0.3 is 10.1 Å². The Labute approximate surface area is 169 Å². The van der Waals surface area contributed by atoms with Crippen LogP contribution in [0.25, 0.3) is 16.8 Å². The lowest BCUT2D eigenvalue weighted by Gasteiger charge is -2.34. The van der Waals surface area contributed by atoms with Crippen LogP contribution in [0.1, 0.15) is 16.5 Å². The lowest BCUT2D eigenvalue weighted by atomic mass is 10.0. The predicted molar refractivity (Wildman–Crippen MR) is 115 cm³/mol. The van der Waals surface area contributed by atoms with Crippen molar-refractivity contribution in [1.82, 2.24) is 10.2 Å². The molecule has 4 nitrogen and oxygen atoms in total. The number of ether oxygens (including phenoxy) is 1. The zero-order chi connectivity index (χ0) is 19.2. The molecule has 1 aliphatic heterocycles. The second kappa shape index (κ2) is 9.15. The van der Waals surface area contributed by atoms with Gasteiger partial charge in [0.1, 0.15) is 0 Å². The van der Waals surface area contributed by atoms with E-state index in [0.29, 0.717) is 6.54 Å². The molecule has 1 atom stereocenters. The molecule has 3 aromatic rings. The summed E-state index contributed by atoms with van der Waals surface area (Å²) in [4.78, 5) is 16.1. The van der Waals surface area contributed by atoms with Crippen molar-refractivity contribution >= 4 is 34.1 Å². The van der Waals surface area contributed by atoms with Crippen LogP contribution in [0.2, 0.25) is 0 Å². The Bertz CT molecular complexity index is 941. The number of thiophene rings is 1. The summed E-state index contributed by atoms with van der Waals surface area (Å²) in [5.41, 5.74) is 1.05. The number of benzene rings is 2. The van der Waals surface area contributed by atoms with Gasteiger partial charge in [-0.3, -0.25) is 9.69 Å². The fraction of sp³-hybridized carbons (Fsp3) is 0.261. The van der Waals surface area contributed by atoms with Crippen molar-refractivity contribution in [1.29, 1.82) is 0 Å². The van der Waals surface area contributed by atoms with Gasteiger partial charge in [0.05, 0.1) is 19.3 Å². The maximum absolute atomic E-state index is 12.5. The zero-order valence-corrected chi connectivity index (χ0v) is 16.5. The van der Waals surface area contributed by atoms with Crippen molar-refractivity contribution in [2.24, 2.45) is 0 Å². The van der Waals surface area contributed by atoms with E-state index >= 15 is 0 Å². The first-order valence-electron chi connectivity index (χ1n) is 9.60. The lowest BCUT2D eigenvalue weighted by molar-refractivity contribution is -0.116. The van der Waals surface area contributed by atoms with E-state index in [-0.39, 0.29) is 11.9 Å². The third-order valence-electron chi connectivity index (χ3n) is 5.07. The van der Waals surface area contributed by atoms with E-state index in [9.17, 15) is 4.79 Å². The maximum atomic E-state index is 12.5. The van der Waals surface area contributed by atoms with Crippen LogP contribution >= 0.6 is 11.3 Å². The number of nitrogens with zero attached hydrogens (tertiary/aromatic N) is 1. The van der Waals surface area contributed by atoms with Crippen molar-refractivity contribution < 1.29 is 9.53 Å². The molecule has 1 aromatic heterocycles. The summed E-state index contributed by atoms with van der Waals surface area (Å²) in [6, 6.07) is 18.8. The van der Waals surface area contributed by atoms with Gasteiger partial charge in [-0.2, -0.15) is 0 Å². The first-order valence-corrected chi connectivity index (χ1v) is 10.5. The number of fused-ring (bicyclic) bond motifs is 1. The van der Waals surface area contributed by atoms with Crippen molar-refractivity contribution in [3.8, 4) is 0 Å². The number of carbonyl (C=O) groups is 1. The van der Waals surface area contributed by atoms with Gasteiger partial charge in [0.15, 0.2) is 0 Å². The summed E-state index contributed by atoms with van der Waals surface area (Å²) in [5.74, 6) is -0.0669. The molecule has 28 heavy (non-hydrogen) atoms. The highest BCUT2D eigenvalue weighted by atomic mass is 32.1. The monoisotopic (exact) mass is 392 g/mol. The largest absolute Gasteiger partial charge is 0.379 e. The SMILES string of the molecule is O=C(/C=C/c1cccc2ccccc12)NCC(c1cccs1)N1CCOCC1. The molecule has 2 heterocycles. The fourth-order valence-corrected chi connectivity index (χ4v) is 4.46. The third kappa shape index (κ3) is 4.50. The fourth-order valence-electron chi connectivity index (χ4n) is 3.60. The van der Waals surface area contributed by atoms with Crippen LogP contribution in [0.4, 0.5) is 0 Å². The maximum Gasteiger partial charge on any atom is 0.244 e. The molecule has 0 saturated carbocycles. The van der Waals surface area contributed by atoms with E-state index in [4.69, 9.17) is 4.74 Å². The minimum absolute atomic E-state index is 0.0669. The van der Waals surface area contributed by atoms with Crippen molar-refractivity contribution in [3.63, 3.8) is 0 Å². The van der Waals surface area contributed by atoms with Gasteiger partial charge in [-0.05, 0) is 33.9 Å². The van der Waals surface area contributed by atoms with Crippen molar-refractivity contribution in [2.45, 2.75) is 6.04 Å². The van der Waals surface area contributed by atoms with Crippen LogP contribution in [0.15, 0.2) is 66.1 Å². The highest BCUT2D eigenvalue weighted by Crippen LogP contribution is 2.25. The van der Waals surface area contributed by atoms with E-state index < -0.39 is 0 Å². The van der Waals surface area contributed by atoms with Gasteiger partial charge >= 0.3 is 0 Å². The van der Waals surface area contributed by atoms with Crippen LogP contribution in [-0.2, 0) is 9.53 Å². The minimum atomic E-state index is -0.0669. The standard InChI is InChI=1S/C23H24N2O2S/c26-23(11-10-19-7-3-6-18-5-1-2-8-20(18)19)24-17-21(22-9-4-16-28-22)25-12-14-27-15-13-25/h1-11,16,21H,12-15,17H2,(H,24,26)/b11-10+. The van der Waals surface area contributed by atoms with E-state index in [1.54, 1.807) is 17.4 Å². The number of amides is 1. The molecule has 4 rings (SSSR count). The molecular weight excluding hydrogens is 368 g/mol. The summed E-state index contributed by atoms with van der Waals surface area (Å²) in [7, 11) is 0. The van der Waals surface area contributed by atoms with Gasteiger partial charge in [0.25, 0.3) is 0 Å². The molecule has 0 aliphatic carbocycles. The Morgan fingerprint density at radius 1 is 1.11 bits per heavy atom. The smallest absolute Gasteiger partial charge is 0.244 e. The Balaban J connectivity index is 1.42. The van der Waals surface area contributed by atoms with Gasteiger partial charge in [0.2, 0.25) is 5.91 Å². The molecule has 1 N–H and O–H groups in total. The second-order valence-electron chi connectivity index (χ2n) is 6.83. The second-order valence-corrected chi connectivity index (χ2v) is 7.81. The summed E-state index contributed by atoms with van der Waals surface area (Å²) in [6.45, 7) is 3.88. The van der Waals surface area contributed by atoms with Crippen LogP contribution in [0.3, 0.4) is 0 Å². The Hall–Kier alpha value is -2.47. The predicted octanol–water partition coefficient (Wildman–Crippen LogP) is 4.10. The highest BCUT2D eigenvalue weighted by molar-refractivity contribution is 7.10. The number of morpholine rings is 1. The molecule has 5 heteroatoms. The number of hydrogen-bond donors (Lipinski definition) is 1. The summed E-state index contributed by atoms with van der Waals surface area (Å²) in [6.07, 6.45) is 3.53. The molecule has 1 fully saturated rings. The van der Waals surface area contributed by atoms with Gasteiger partial charge in [-0.25, -0.2) is 0 Å². The van der Waals surface area contributed by atoms with E-state index in [2.05, 4.69) is 45.9 Å². The lowest BCUT2D eigenvalue weighted by Crippen LogP contribution is -2.43. The van der Waals surface area contributed by atoms with E-state index in [1.807, 2.05) is 30.3 Å². The molecule has 0 radical (unpaired) electrons. The minimum Gasteiger partial charge on any atom is -0.379 e. The molecule has 1 amide bonds. The number of carbonyl (C=O) groups excluding carboxylic acids is 1. The van der Waals surface area contributed by atoms with Crippen molar-refractivity contribution in [3.05, 3.63) is 76.5 Å². The molecule has 144 valence electrons. The van der Waals surface area contributed by atoms with Gasteiger partial charge in [0, 0.05) is 30.6 Å². The molecule has 1 aliphatic rings. The number of nitrogens with one attached hydrogen (secondary N) is 1. The average molecular weight is 393 g/mol. The molecular formula is C23H24N2O2S. The number of hydrogen-bond acceptors (Lipinski definition) is 4. The van der Waals surface area contributed by atoms with E-state index in [1.165, 1.54) is 10.3 Å². The topological polar surface area (TPSA) is 41.6 Å². The molecule has 2 aromatic carbocycles. The summed E-state index contributed by atoms with van der Waals surface area (Å²) in [5, 5.41) is 7.50. The molecule has 1 saturated heterocycles. The van der Waals surface area contributed by atoms with E-state index in [0.717, 1.165) is 37.3 Å². The molecule has 1 unspecified atom stereocenters. The first-order chi connectivity index (χ1) is 13.8. The van der Waals surface area contributed by atoms with Crippen molar-refractivity contribution in [2.75, 3.05) is 32.8 Å². The Morgan fingerprint density at radius 2 is 1.93 bits per heavy atom. The molecule has 0 spiro atoms. The number of rotatable bonds is 6. The Kier molecular flexibility index (Phi) is 6.17. The van der Waals surface area contributed by atoms with Crippen LogP contribution < -0.4 is 5.32 Å². The zero-order valence-electron chi connectivity index (χ0n) is 15.7. The summed E-state index contributed by atoms with van der Waals surface area (Å²) < 4.78 is 5.48. The van der Waals surface area contributed by atoms with Crippen LogP contribution in [0.5, 0.6) is 0 Å². The molecule has 0 bridgehead atoms. The normalized spacial score (nSPS) is 16.4. The quantitative estimate of drug-likeness (QED) is 0.642. The average Bonchev–Trinajstić information content (AvgIpc) is 3.28. The van der Waals surface area contributed by atoms with Gasteiger partial charge in [-0.15, -0.1) is 11.3 Å². The highest BCUT2D eigenvalue weighted by Gasteiger charge is 2.23. The van der Waals surface area contributed by atoms with Crippen LogP contribution in [0, 0.1) is 0 Å². The Morgan fingerprint density at radius 3 is 2.75 bits per heavy atom. The summed E-state index contributed by atoms with van der Waals surface area (Å²) >= 11 is 1.74. The third-order valence-corrected chi connectivity index (χ3v) is 6.04.